The third kappa shape index (κ3) is 13.5. The van der Waals surface area contributed by atoms with Crippen LogP contribution in [0.1, 0.15) is 101 Å². The molecule has 0 aliphatic carbocycles. The minimum Gasteiger partial charge on any atom is -0.481 e. The second-order valence-corrected chi connectivity index (χ2v) is 9.48. The molecule has 2 amide bonds. The van der Waals surface area contributed by atoms with E-state index < -0.39 is 18.1 Å². The number of pyridine rings is 1. The Bertz CT molecular complexity index is 1090. The highest BCUT2D eigenvalue weighted by Crippen LogP contribution is 2.29. The van der Waals surface area contributed by atoms with Gasteiger partial charge in [0.1, 0.15) is 12.1 Å². The maximum atomic E-state index is 13.4. The Balaban J connectivity index is 0. The van der Waals surface area contributed by atoms with Gasteiger partial charge in [-0.3, -0.25) is 15.4 Å². The van der Waals surface area contributed by atoms with Crippen molar-refractivity contribution in [2.75, 3.05) is 20.3 Å². The zero-order valence-corrected chi connectivity index (χ0v) is 29.9. The summed E-state index contributed by atoms with van der Waals surface area (Å²) in [5.74, 6) is 5.53. The number of nitrogens with two attached hydrogens (primary N) is 1. The standard InChI is InChI=1S/C27H38N6O4.4C2H6/c1-17(2)24(30-15-18(3)32-28)27(36)33-14-6-8-23(33)25(35)31-22(16-34)20-11-9-19(10-12-20)21-7-5-13-29-26(21)37-4;4*1-2/h5,7,9-13,15,17,22-24,30,32,34H,6,8,14,16,28H2,1-4H3,(H,31,35);4*1-2H3/b18-15-;;;;. The van der Waals surface area contributed by atoms with Gasteiger partial charge >= 0.3 is 0 Å². The number of hydrazine groups is 1. The zero-order chi connectivity index (χ0) is 34.9. The lowest BCUT2D eigenvalue weighted by molar-refractivity contribution is -0.141. The molecule has 1 aliphatic heterocycles. The van der Waals surface area contributed by atoms with Gasteiger partial charge in [-0.15, -0.1) is 0 Å². The van der Waals surface area contributed by atoms with Crippen LogP contribution in [0.25, 0.3) is 11.1 Å². The fourth-order valence-corrected chi connectivity index (χ4v) is 4.46. The number of hydrogen-bond acceptors (Lipinski definition) is 8. The summed E-state index contributed by atoms with van der Waals surface area (Å²) in [6.45, 7) is 21.9. The number of ether oxygens (including phenoxy) is 1. The van der Waals surface area contributed by atoms with Crippen molar-refractivity contribution in [2.24, 2.45) is 11.8 Å². The summed E-state index contributed by atoms with van der Waals surface area (Å²) in [6, 6.07) is 9.58. The molecule has 3 unspecified atom stereocenters. The molecule has 256 valence electrons. The second kappa shape index (κ2) is 25.7. The van der Waals surface area contributed by atoms with Gasteiger partial charge in [0.2, 0.25) is 17.7 Å². The lowest BCUT2D eigenvalue weighted by Gasteiger charge is -2.31. The van der Waals surface area contributed by atoms with Gasteiger partial charge in [-0.2, -0.15) is 0 Å². The quantitative estimate of drug-likeness (QED) is 0.152. The molecule has 1 saturated heterocycles. The van der Waals surface area contributed by atoms with Crippen LogP contribution in [0.4, 0.5) is 0 Å². The number of benzene rings is 1. The first-order valence-electron chi connectivity index (χ1n) is 16.5. The Morgan fingerprint density at radius 2 is 1.67 bits per heavy atom. The van der Waals surface area contributed by atoms with E-state index >= 15 is 0 Å². The predicted octanol–water partition coefficient (Wildman–Crippen LogP) is 5.94. The molecule has 1 aromatic carbocycles. The van der Waals surface area contributed by atoms with E-state index in [2.05, 4.69) is 21.0 Å². The highest BCUT2D eigenvalue weighted by Gasteiger charge is 2.38. The number of aromatic nitrogens is 1. The van der Waals surface area contributed by atoms with E-state index in [1.165, 1.54) is 0 Å². The Labute approximate surface area is 273 Å². The molecular weight excluding hydrogens is 568 g/mol. The van der Waals surface area contributed by atoms with Gasteiger partial charge in [0.15, 0.2) is 0 Å². The number of allylic oxidation sites excluding steroid dienone is 1. The van der Waals surface area contributed by atoms with Gasteiger partial charge in [-0.1, -0.05) is 93.5 Å². The SMILES string of the molecule is CC.CC.CC.CC.COc1ncccc1-c1ccc(C(CO)NC(=O)C2CCCN2C(=O)C(N/C=C(/C)NN)C(C)C)cc1. The Morgan fingerprint density at radius 3 is 2.18 bits per heavy atom. The minimum atomic E-state index is -0.602. The van der Waals surface area contributed by atoms with Gasteiger partial charge in [-0.05, 0) is 48.9 Å². The summed E-state index contributed by atoms with van der Waals surface area (Å²) < 4.78 is 5.34. The zero-order valence-electron chi connectivity index (χ0n) is 29.9. The summed E-state index contributed by atoms with van der Waals surface area (Å²) in [4.78, 5) is 32.5. The molecule has 1 fully saturated rings. The highest BCUT2D eigenvalue weighted by atomic mass is 16.5. The summed E-state index contributed by atoms with van der Waals surface area (Å²) in [5, 5.41) is 16.1. The lowest BCUT2D eigenvalue weighted by atomic mass is 10.0. The first-order valence-corrected chi connectivity index (χ1v) is 16.5. The monoisotopic (exact) mass is 630 g/mol. The summed E-state index contributed by atoms with van der Waals surface area (Å²) >= 11 is 0. The first kappa shape index (κ1) is 43.5. The molecular formula is C35H62N6O4. The van der Waals surface area contributed by atoms with E-state index in [4.69, 9.17) is 10.6 Å². The molecule has 0 radical (unpaired) electrons. The Kier molecular flexibility index (Phi) is 24.8. The van der Waals surface area contributed by atoms with Crippen LogP contribution in [0.3, 0.4) is 0 Å². The third-order valence-electron chi connectivity index (χ3n) is 6.57. The predicted molar refractivity (Wildman–Crippen MR) is 187 cm³/mol. The number of hydrogen-bond donors (Lipinski definition) is 5. The van der Waals surface area contributed by atoms with Crippen molar-refractivity contribution in [2.45, 2.75) is 107 Å². The second-order valence-electron chi connectivity index (χ2n) is 9.48. The van der Waals surface area contributed by atoms with E-state index in [0.717, 1.165) is 23.1 Å². The number of aliphatic hydroxyl groups is 1. The maximum absolute atomic E-state index is 13.4. The number of carbonyl (C=O) groups is 2. The van der Waals surface area contributed by atoms with Crippen molar-refractivity contribution in [1.29, 1.82) is 0 Å². The van der Waals surface area contributed by atoms with Crippen LogP contribution >= 0.6 is 0 Å². The van der Waals surface area contributed by atoms with Crippen LogP contribution in [0.2, 0.25) is 0 Å². The van der Waals surface area contributed by atoms with Crippen LogP contribution < -0.4 is 26.6 Å². The average molecular weight is 631 g/mol. The molecule has 3 atom stereocenters. The van der Waals surface area contributed by atoms with Crippen molar-refractivity contribution in [3.8, 4) is 17.0 Å². The van der Waals surface area contributed by atoms with Gasteiger partial charge in [0.25, 0.3) is 0 Å². The molecule has 0 spiro atoms. The Hall–Kier alpha value is -3.63. The van der Waals surface area contributed by atoms with Crippen molar-refractivity contribution < 1.29 is 19.4 Å². The molecule has 45 heavy (non-hydrogen) atoms. The largest absolute Gasteiger partial charge is 0.481 e. The topological polar surface area (TPSA) is 142 Å². The number of carbonyl (C=O) groups excluding carboxylic acids is 2. The van der Waals surface area contributed by atoms with Crippen molar-refractivity contribution in [3.63, 3.8) is 0 Å². The summed E-state index contributed by atoms with van der Waals surface area (Å²) in [6.07, 6.45) is 4.64. The van der Waals surface area contributed by atoms with Gasteiger partial charge < -0.3 is 30.8 Å². The van der Waals surface area contributed by atoms with Crippen LogP contribution in [-0.4, -0.2) is 59.1 Å². The van der Waals surface area contributed by atoms with E-state index in [0.29, 0.717) is 24.5 Å². The fraction of sp³-hybridized carbons (Fsp3) is 0.571. The smallest absolute Gasteiger partial charge is 0.245 e. The van der Waals surface area contributed by atoms with Gasteiger partial charge in [-0.25, -0.2) is 4.98 Å². The van der Waals surface area contributed by atoms with E-state index in [1.807, 2.05) is 106 Å². The van der Waals surface area contributed by atoms with Crippen LogP contribution in [0.5, 0.6) is 5.88 Å². The van der Waals surface area contributed by atoms with E-state index in [9.17, 15) is 14.7 Å². The number of nitrogens with zero attached hydrogens (tertiary/aromatic N) is 2. The number of methoxy groups -OCH3 is 1. The lowest BCUT2D eigenvalue weighted by Crippen LogP contribution is -2.53. The normalized spacial score (nSPS) is 14.8. The van der Waals surface area contributed by atoms with Crippen molar-refractivity contribution >= 4 is 11.8 Å². The summed E-state index contributed by atoms with van der Waals surface area (Å²) in [5.41, 5.74) is 5.74. The van der Waals surface area contributed by atoms with Gasteiger partial charge in [0, 0.05) is 30.2 Å². The third-order valence-corrected chi connectivity index (χ3v) is 6.57. The average Bonchev–Trinajstić information content (AvgIpc) is 3.61. The molecule has 0 saturated carbocycles. The molecule has 2 aromatic rings. The van der Waals surface area contributed by atoms with Crippen LogP contribution in [-0.2, 0) is 9.59 Å². The number of nitrogens with one attached hydrogen (secondary N) is 3. The maximum Gasteiger partial charge on any atom is 0.245 e. The van der Waals surface area contributed by atoms with Crippen LogP contribution in [0.15, 0.2) is 54.5 Å². The van der Waals surface area contributed by atoms with Crippen LogP contribution in [0, 0.1) is 5.92 Å². The molecule has 0 bridgehead atoms. The molecule has 10 nitrogen and oxygen atoms in total. The van der Waals surface area contributed by atoms with Crippen molar-refractivity contribution in [1.82, 2.24) is 25.9 Å². The molecule has 2 heterocycles. The number of amides is 2. The Morgan fingerprint density at radius 1 is 1.07 bits per heavy atom. The molecule has 1 aliphatic rings. The van der Waals surface area contributed by atoms with Crippen molar-refractivity contribution in [3.05, 3.63) is 60.1 Å². The minimum absolute atomic E-state index is 0.000722. The molecule has 1 aromatic heterocycles. The summed E-state index contributed by atoms with van der Waals surface area (Å²) in [7, 11) is 1.57. The molecule has 3 rings (SSSR count). The highest BCUT2D eigenvalue weighted by molar-refractivity contribution is 5.90. The number of likely N-dealkylation sites (tertiary alicyclic amines) is 1. The van der Waals surface area contributed by atoms with E-state index in [-0.39, 0.29) is 24.3 Å². The number of aliphatic hydroxyl groups excluding tert-OH is 1. The molecule has 6 N–H and O–H groups in total. The molecule has 10 heteroatoms. The van der Waals surface area contributed by atoms with Gasteiger partial charge in [0.05, 0.1) is 19.8 Å². The fourth-order valence-electron chi connectivity index (χ4n) is 4.46. The number of rotatable bonds is 11. The first-order chi connectivity index (χ1) is 21.8. The van der Waals surface area contributed by atoms with E-state index in [1.54, 1.807) is 31.3 Å².